The number of methoxy groups -OCH3 is 1. The number of aromatic nitrogens is 3. The number of pyridine rings is 1. The zero-order valence-corrected chi connectivity index (χ0v) is 16.7. The molecule has 0 radical (unpaired) electrons. The van der Waals surface area contributed by atoms with Crippen LogP contribution in [0.4, 0.5) is 0 Å². The Hall–Kier alpha value is -3.09. The second-order valence-corrected chi connectivity index (χ2v) is 6.63. The molecule has 0 amide bonds. The summed E-state index contributed by atoms with van der Waals surface area (Å²) < 4.78 is 7.18. The molecule has 3 rings (SSSR count). The molecular weight excluding hydrogens is 352 g/mol. The van der Waals surface area contributed by atoms with E-state index in [-0.39, 0.29) is 0 Å². The summed E-state index contributed by atoms with van der Waals surface area (Å²) in [5, 5.41) is 15.1. The number of rotatable bonds is 8. The third-order valence-corrected chi connectivity index (χ3v) is 4.66. The zero-order valence-electron chi connectivity index (χ0n) is 16.7. The van der Waals surface area contributed by atoms with Gasteiger partial charge in [0, 0.05) is 19.3 Å². The molecule has 3 aromatic rings. The third kappa shape index (κ3) is 5.00. The average molecular weight is 380 g/mol. The maximum absolute atomic E-state index is 5.23. The van der Waals surface area contributed by atoms with Crippen LogP contribution in [0, 0.1) is 0 Å². The van der Waals surface area contributed by atoms with Crippen LogP contribution in [0.2, 0.25) is 0 Å². The molecule has 2 N–H and O–H groups in total. The van der Waals surface area contributed by atoms with Gasteiger partial charge in [0.25, 0.3) is 0 Å². The molecule has 7 nitrogen and oxygen atoms in total. The van der Waals surface area contributed by atoms with Crippen molar-refractivity contribution in [2.24, 2.45) is 4.99 Å². The van der Waals surface area contributed by atoms with Crippen LogP contribution in [0.3, 0.4) is 0 Å². The van der Waals surface area contributed by atoms with Crippen molar-refractivity contribution in [3.05, 3.63) is 60.0 Å². The van der Waals surface area contributed by atoms with Crippen LogP contribution in [0.1, 0.15) is 37.6 Å². The third-order valence-electron chi connectivity index (χ3n) is 4.66. The van der Waals surface area contributed by atoms with E-state index in [9.17, 15) is 0 Å². The largest absolute Gasteiger partial charge is 0.497 e. The number of aliphatic imine (C=N–C) groups is 1. The van der Waals surface area contributed by atoms with E-state index in [0.717, 1.165) is 42.7 Å². The van der Waals surface area contributed by atoms with Gasteiger partial charge >= 0.3 is 0 Å². The lowest BCUT2D eigenvalue weighted by molar-refractivity contribution is 0.414. The lowest BCUT2D eigenvalue weighted by Crippen LogP contribution is -2.38. The molecule has 2 heterocycles. The first-order chi connectivity index (χ1) is 13.7. The van der Waals surface area contributed by atoms with Crippen LogP contribution in [0.15, 0.2) is 53.7 Å². The number of nitrogens with one attached hydrogen (secondary N) is 2. The van der Waals surface area contributed by atoms with Crippen LogP contribution in [0.5, 0.6) is 5.75 Å². The van der Waals surface area contributed by atoms with Gasteiger partial charge in [0.15, 0.2) is 17.4 Å². The van der Waals surface area contributed by atoms with Gasteiger partial charge in [-0.15, -0.1) is 10.2 Å². The molecule has 0 spiro atoms. The molecular formula is C21H28N6O. The van der Waals surface area contributed by atoms with Gasteiger partial charge in [-0.1, -0.05) is 25.1 Å². The summed E-state index contributed by atoms with van der Waals surface area (Å²) in [5.74, 6) is 2.94. The highest BCUT2D eigenvalue weighted by molar-refractivity contribution is 5.79. The maximum atomic E-state index is 5.23. The van der Waals surface area contributed by atoms with Crippen molar-refractivity contribution >= 4 is 11.6 Å². The molecule has 0 aliphatic heterocycles. The zero-order chi connectivity index (χ0) is 19.8. The molecule has 28 heavy (non-hydrogen) atoms. The second kappa shape index (κ2) is 9.73. The Balaban J connectivity index is 1.55. The van der Waals surface area contributed by atoms with E-state index in [0.29, 0.717) is 12.5 Å². The van der Waals surface area contributed by atoms with Crippen molar-refractivity contribution in [3.8, 4) is 5.75 Å². The summed E-state index contributed by atoms with van der Waals surface area (Å²) in [5.41, 5.74) is 2.14. The maximum Gasteiger partial charge on any atom is 0.191 e. The average Bonchev–Trinajstić information content (AvgIpc) is 3.15. The minimum Gasteiger partial charge on any atom is -0.497 e. The van der Waals surface area contributed by atoms with Crippen molar-refractivity contribution in [2.75, 3.05) is 20.2 Å². The normalized spacial score (nSPS) is 12.8. The summed E-state index contributed by atoms with van der Waals surface area (Å²) in [6.45, 7) is 6.40. The number of benzene rings is 1. The Morgan fingerprint density at radius 1 is 1.14 bits per heavy atom. The topological polar surface area (TPSA) is 75.8 Å². The smallest absolute Gasteiger partial charge is 0.191 e. The Labute approximate surface area is 165 Å². The predicted molar refractivity (Wildman–Crippen MR) is 112 cm³/mol. The van der Waals surface area contributed by atoms with Gasteiger partial charge in [0.05, 0.1) is 7.11 Å². The molecule has 0 saturated carbocycles. The molecule has 0 fully saturated rings. The highest BCUT2D eigenvalue weighted by atomic mass is 16.5. The number of ether oxygens (including phenoxy) is 1. The van der Waals surface area contributed by atoms with Crippen molar-refractivity contribution in [2.45, 2.75) is 32.7 Å². The van der Waals surface area contributed by atoms with E-state index in [1.807, 2.05) is 40.9 Å². The first-order valence-electron chi connectivity index (χ1n) is 9.66. The van der Waals surface area contributed by atoms with Gasteiger partial charge in [0.2, 0.25) is 0 Å². The second-order valence-electron chi connectivity index (χ2n) is 6.63. The number of guanidine groups is 1. The minimum absolute atomic E-state index is 0.446. The van der Waals surface area contributed by atoms with E-state index in [1.165, 1.54) is 5.56 Å². The molecule has 1 aromatic carbocycles. The highest BCUT2D eigenvalue weighted by Crippen LogP contribution is 2.21. The molecule has 148 valence electrons. The number of fused-ring (bicyclic) bond motifs is 1. The molecule has 2 aromatic heterocycles. The summed E-state index contributed by atoms with van der Waals surface area (Å²) in [6, 6.07) is 14.1. The van der Waals surface area contributed by atoms with E-state index in [4.69, 9.17) is 4.74 Å². The number of hydrogen-bond donors (Lipinski definition) is 2. The van der Waals surface area contributed by atoms with Crippen LogP contribution in [-0.4, -0.2) is 40.8 Å². The Morgan fingerprint density at radius 3 is 2.71 bits per heavy atom. The SMILES string of the molecule is CCNC(=NCc1nnc2ccccn12)NCCC(C)c1ccc(OC)cc1. The predicted octanol–water partition coefficient (Wildman–Crippen LogP) is 2.99. The van der Waals surface area contributed by atoms with E-state index < -0.39 is 0 Å². The fourth-order valence-electron chi connectivity index (χ4n) is 3.00. The Morgan fingerprint density at radius 2 is 1.96 bits per heavy atom. The van der Waals surface area contributed by atoms with E-state index in [1.54, 1.807) is 7.11 Å². The fraction of sp³-hybridized carbons (Fsp3) is 0.381. The minimum atomic E-state index is 0.446. The lowest BCUT2D eigenvalue weighted by atomic mass is 9.98. The van der Waals surface area contributed by atoms with Crippen LogP contribution < -0.4 is 15.4 Å². The standard InChI is InChI=1S/C21H28N6O/c1-4-22-21(24-15-20-26-25-19-7-5-6-14-27(19)20)23-13-12-16(2)17-8-10-18(28-3)11-9-17/h5-11,14,16H,4,12-13,15H2,1-3H3,(H2,22,23,24). The van der Waals surface area contributed by atoms with Crippen molar-refractivity contribution < 1.29 is 4.74 Å². The number of hydrogen-bond acceptors (Lipinski definition) is 4. The van der Waals surface area contributed by atoms with Crippen LogP contribution in [0.25, 0.3) is 5.65 Å². The lowest BCUT2D eigenvalue weighted by Gasteiger charge is -2.15. The molecule has 0 bridgehead atoms. The first-order valence-corrected chi connectivity index (χ1v) is 9.66. The quantitative estimate of drug-likeness (QED) is 0.464. The fourth-order valence-corrected chi connectivity index (χ4v) is 3.00. The van der Waals surface area contributed by atoms with Crippen molar-refractivity contribution in [1.29, 1.82) is 0 Å². The van der Waals surface area contributed by atoms with Crippen LogP contribution in [-0.2, 0) is 6.54 Å². The highest BCUT2D eigenvalue weighted by Gasteiger charge is 2.07. The molecule has 0 saturated heterocycles. The van der Waals surface area contributed by atoms with Crippen LogP contribution >= 0.6 is 0 Å². The van der Waals surface area contributed by atoms with Gasteiger partial charge in [-0.25, -0.2) is 4.99 Å². The molecule has 0 aliphatic rings. The van der Waals surface area contributed by atoms with Gasteiger partial charge in [0.1, 0.15) is 12.3 Å². The molecule has 1 atom stereocenters. The molecule has 7 heteroatoms. The van der Waals surface area contributed by atoms with E-state index in [2.05, 4.69) is 51.8 Å². The summed E-state index contributed by atoms with van der Waals surface area (Å²) in [4.78, 5) is 4.65. The van der Waals surface area contributed by atoms with Gasteiger partial charge in [-0.05, 0) is 49.1 Å². The van der Waals surface area contributed by atoms with E-state index >= 15 is 0 Å². The first kappa shape index (κ1) is 19.7. The summed E-state index contributed by atoms with van der Waals surface area (Å²) in [6.07, 6.45) is 2.96. The van der Waals surface area contributed by atoms with Gasteiger partial charge in [-0.2, -0.15) is 0 Å². The summed E-state index contributed by atoms with van der Waals surface area (Å²) in [7, 11) is 1.69. The van der Waals surface area contributed by atoms with Gasteiger partial charge < -0.3 is 15.4 Å². The van der Waals surface area contributed by atoms with Gasteiger partial charge in [-0.3, -0.25) is 4.40 Å². The number of nitrogens with zero attached hydrogens (tertiary/aromatic N) is 4. The molecule has 1 unspecified atom stereocenters. The Kier molecular flexibility index (Phi) is 6.84. The molecule has 0 aliphatic carbocycles. The van der Waals surface area contributed by atoms with Crippen molar-refractivity contribution in [1.82, 2.24) is 25.2 Å². The Bertz CT molecular complexity index is 903. The summed E-state index contributed by atoms with van der Waals surface area (Å²) >= 11 is 0. The monoisotopic (exact) mass is 380 g/mol. The van der Waals surface area contributed by atoms with Crippen molar-refractivity contribution in [3.63, 3.8) is 0 Å².